The van der Waals surface area contributed by atoms with Gasteiger partial charge in [0, 0.05) is 12.6 Å². The lowest BCUT2D eigenvalue weighted by Gasteiger charge is -2.07. The number of rotatable bonds is 4. The van der Waals surface area contributed by atoms with E-state index in [-0.39, 0.29) is 12.4 Å². The first kappa shape index (κ1) is 13.6. The van der Waals surface area contributed by atoms with Crippen molar-refractivity contribution in [2.45, 2.75) is 0 Å². The van der Waals surface area contributed by atoms with Gasteiger partial charge < -0.3 is 15.2 Å². The van der Waals surface area contributed by atoms with Gasteiger partial charge in [0.2, 0.25) is 0 Å². The van der Waals surface area contributed by atoms with Gasteiger partial charge in [0.05, 0.1) is 12.7 Å². The molecule has 0 spiro atoms. The van der Waals surface area contributed by atoms with Crippen molar-refractivity contribution in [3.8, 4) is 17.6 Å². The number of benzene rings is 1. The summed E-state index contributed by atoms with van der Waals surface area (Å²) in [5.41, 5.74) is 5.75. The molecule has 1 rings (SSSR count). The van der Waals surface area contributed by atoms with E-state index in [9.17, 15) is 0 Å². The van der Waals surface area contributed by atoms with Crippen LogP contribution in [0, 0.1) is 11.3 Å². The van der Waals surface area contributed by atoms with Gasteiger partial charge >= 0.3 is 0 Å². The lowest BCUT2D eigenvalue weighted by molar-refractivity contribution is 0.326. The highest BCUT2D eigenvalue weighted by molar-refractivity contribution is 5.85. The first-order valence-corrected chi connectivity index (χ1v) is 4.23. The average molecular weight is 229 g/mol. The molecule has 4 nitrogen and oxygen atoms in total. The minimum atomic E-state index is 0. The number of nitrogens with two attached hydrogens (primary N) is 1. The van der Waals surface area contributed by atoms with Crippen LogP contribution in [-0.4, -0.2) is 20.3 Å². The summed E-state index contributed by atoms with van der Waals surface area (Å²) in [4.78, 5) is 0. The van der Waals surface area contributed by atoms with E-state index in [1.165, 1.54) is 0 Å². The van der Waals surface area contributed by atoms with Gasteiger partial charge in [-0.1, -0.05) is 0 Å². The molecule has 0 fully saturated rings. The van der Waals surface area contributed by atoms with Crippen molar-refractivity contribution in [1.29, 1.82) is 5.26 Å². The van der Waals surface area contributed by atoms with Crippen molar-refractivity contribution in [3.05, 3.63) is 23.8 Å². The zero-order chi connectivity index (χ0) is 10.4. The lowest BCUT2D eigenvalue weighted by atomic mass is 10.2. The molecule has 0 aliphatic carbocycles. The van der Waals surface area contributed by atoms with Crippen LogP contribution in [0.3, 0.4) is 0 Å². The number of ether oxygens (including phenoxy) is 2. The minimum Gasteiger partial charge on any atom is -0.497 e. The Morgan fingerprint density at radius 2 is 2.20 bits per heavy atom. The molecule has 15 heavy (non-hydrogen) atoms. The second kappa shape index (κ2) is 6.93. The van der Waals surface area contributed by atoms with Gasteiger partial charge in [0.25, 0.3) is 0 Å². The van der Waals surface area contributed by atoms with Crippen molar-refractivity contribution in [2.75, 3.05) is 20.3 Å². The van der Waals surface area contributed by atoms with E-state index in [0.717, 1.165) is 0 Å². The fourth-order valence-electron chi connectivity index (χ4n) is 1.02. The predicted octanol–water partition coefficient (Wildman–Crippen LogP) is 1.33. The SMILES string of the molecule is COc1ccc(OCCN)c(C#N)c1.Cl. The van der Waals surface area contributed by atoms with Crippen molar-refractivity contribution in [1.82, 2.24) is 0 Å². The molecule has 1 aromatic carbocycles. The summed E-state index contributed by atoms with van der Waals surface area (Å²) in [6.45, 7) is 0.831. The molecular formula is C10H13ClN2O2. The molecule has 0 radical (unpaired) electrons. The second-order valence-electron chi connectivity index (χ2n) is 2.61. The minimum absolute atomic E-state index is 0. The van der Waals surface area contributed by atoms with Gasteiger partial charge in [-0.3, -0.25) is 0 Å². The summed E-state index contributed by atoms with van der Waals surface area (Å²) in [7, 11) is 1.55. The van der Waals surface area contributed by atoms with Crippen LogP contribution in [0.25, 0.3) is 0 Å². The van der Waals surface area contributed by atoms with Crippen LogP contribution >= 0.6 is 12.4 Å². The van der Waals surface area contributed by atoms with Crippen molar-refractivity contribution in [3.63, 3.8) is 0 Å². The fourth-order valence-corrected chi connectivity index (χ4v) is 1.02. The molecule has 0 aliphatic rings. The summed E-state index contributed by atoms with van der Waals surface area (Å²) >= 11 is 0. The standard InChI is InChI=1S/C10H12N2O2.ClH/c1-13-9-2-3-10(14-5-4-11)8(6-9)7-12;/h2-3,6H,4-5,11H2,1H3;1H. The van der Waals surface area contributed by atoms with Crippen LogP contribution in [0.4, 0.5) is 0 Å². The smallest absolute Gasteiger partial charge is 0.137 e. The third-order valence-corrected chi connectivity index (χ3v) is 1.68. The highest BCUT2D eigenvalue weighted by Crippen LogP contribution is 2.22. The van der Waals surface area contributed by atoms with Crippen molar-refractivity contribution >= 4 is 12.4 Å². The Morgan fingerprint density at radius 1 is 1.47 bits per heavy atom. The van der Waals surface area contributed by atoms with Crippen molar-refractivity contribution < 1.29 is 9.47 Å². The van der Waals surface area contributed by atoms with Crippen LogP contribution in [0.1, 0.15) is 5.56 Å². The molecule has 0 atom stereocenters. The maximum absolute atomic E-state index is 8.82. The number of nitriles is 1. The highest BCUT2D eigenvalue weighted by atomic mass is 35.5. The molecule has 5 heteroatoms. The van der Waals surface area contributed by atoms with E-state index in [2.05, 4.69) is 0 Å². The molecular weight excluding hydrogens is 216 g/mol. The zero-order valence-electron chi connectivity index (χ0n) is 8.40. The normalized spacial score (nSPS) is 8.60. The van der Waals surface area contributed by atoms with Crippen LogP contribution in [0.15, 0.2) is 18.2 Å². The Kier molecular flexibility index (Phi) is 6.27. The average Bonchev–Trinajstić information content (AvgIpc) is 2.26. The number of halogens is 1. The summed E-state index contributed by atoms with van der Waals surface area (Å²) in [6.07, 6.45) is 0. The first-order valence-electron chi connectivity index (χ1n) is 4.23. The van der Waals surface area contributed by atoms with Crippen LogP contribution in [0.2, 0.25) is 0 Å². The monoisotopic (exact) mass is 228 g/mol. The Morgan fingerprint density at radius 3 is 2.73 bits per heavy atom. The number of hydrogen-bond donors (Lipinski definition) is 1. The summed E-state index contributed by atoms with van der Waals surface area (Å²) in [6, 6.07) is 7.11. The number of nitrogens with zero attached hydrogens (tertiary/aromatic N) is 1. The molecule has 0 aliphatic heterocycles. The summed E-state index contributed by atoms with van der Waals surface area (Å²) in [5.74, 6) is 1.18. The fraction of sp³-hybridized carbons (Fsp3) is 0.300. The van der Waals surface area contributed by atoms with E-state index in [0.29, 0.717) is 30.2 Å². The lowest BCUT2D eigenvalue weighted by Crippen LogP contribution is -2.11. The molecule has 0 aromatic heterocycles. The summed E-state index contributed by atoms with van der Waals surface area (Å²) < 4.78 is 10.3. The van der Waals surface area contributed by atoms with E-state index in [4.69, 9.17) is 20.5 Å². The zero-order valence-corrected chi connectivity index (χ0v) is 9.21. The Hall–Kier alpha value is -1.44. The van der Waals surface area contributed by atoms with Gasteiger partial charge in [0.15, 0.2) is 0 Å². The van der Waals surface area contributed by atoms with Crippen LogP contribution in [0.5, 0.6) is 11.5 Å². The van der Waals surface area contributed by atoms with E-state index in [1.807, 2.05) is 6.07 Å². The largest absolute Gasteiger partial charge is 0.497 e. The Labute approximate surface area is 95.0 Å². The maximum atomic E-state index is 8.82. The third kappa shape index (κ3) is 3.66. The summed E-state index contributed by atoms with van der Waals surface area (Å²) in [5, 5.41) is 8.82. The van der Waals surface area contributed by atoms with Gasteiger partial charge in [0.1, 0.15) is 24.2 Å². The van der Waals surface area contributed by atoms with E-state index >= 15 is 0 Å². The molecule has 0 saturated carbocycles. The number of methoxy groups -OCH3 is 1. The second-order valence-corrected chi connectivity index (χ2v) is 2.61. The molecule has 0 saturated heterocycles. The highest BCUT2D eigenvalue weighted by Gasteiger charge is 2.04. The van der Waals surface area contributed by atoms with Gasteiger partial charge in [-0.05, 0) is 12.1 Å². The maximum Gasteiger partial charge on any atom is 0.137 e. The van der Waals surface area contributed by atoms with Gasteiger partial charge in [-0.25, -0.2) is 0 Å². The Balaban J connectivity index is 0.00000196. The molecule has 1 aromatic rings. The third-order valence-electron chi connectivity index (χ3n) is 1.68. The molecule has 2 N–H and O–H groups in total. The van der Waals surface area contributed by atoms with Gasteiger partial charge in [-0.2, -0.15) is 5.26 Å². The van der Waals surface area contributed by atoms with Gasteiger partial charge in [-0.15, -0.1) is 12.4 Å². The molecule has 0 heterocycles. The van der Waals surface area contributed by atoms with Crippen LogP contribution in [-0.2, 0) is 0 Å². The van der Waals surface area contributed by atoms with E-state index in [1.54, 1.807) is 25.3 Å². The van der Waals surface area contributed by atoms with Crippen LogP contribution < -0.4 is 15.2 Å². The molecule has 0 bridgehead atoms. The molecule has 82 valence electrons. The molecule has 0 amide bonds. The molecule has 0 unspecified atom stereocenters. The topological polar surface area (TPSA) is 68.3 Å². The van der Waals surface area contributed by atoms with E-state index < -0.39 is 0 Å². The first-order chi connectivity index (χ1) is 6.81. The quantitative estimate of drug-likeness (QED) is 0.844. The number of hydrogen-bond acceptors (Lipinski definition) is 4. The van der Waals surface area contributed by atoms with Crippen molar-refractivity contribution in [2.24, 2.45) is 5.73 Å². The predicted molar refractivity (Wildman–Crippen MR) is 59.5 cm³/mol. The Bertz CT molecular complexity index is 350.